The molecule has 1 aromatic carbocycles. The van der Waals surface area contributed by atoms with Crippen LogP contribution in [0, 0.1) is 17.6 Å². The summed E-state index contributed by atoms with van der Waals surface area (Å²) in [6, 6.07) is 2.89. The Morgan fingerprint density at radius 2 is 1.93 bits per heavy atom. The first kappa shape index (κ1) is 20.4. The van der Waals surface area contributed by atoms with Crippen LogP contribution in [0.5, 0.6) is 0 Å². The largest absolute Gasteiger partial charge is 0.481 e. The van der Waals surface area contributed by atoms with Gasteiger partial charge in [-0.25, -0.2) is 13.5 Å². The number of carboxylic acid groups (broad SMARTS) is 1. The first-order valence-electron chi connectivity index (χ1n) is 10.1. The normalized spacial score (nSPS) is 22.9. The van der Waals surface area contributed by atoms with Crippen molar-refractivity contribution in [1.29, 1.82) is 0 Å². The molecule has 2 atom stereocenters. The zero-order valence-corrected chi connectivity index (χ0v) is 16.3. The van der Waals surface area contributed by atoms with Crippen molar-refractivity contribution in [3.8, 4) is 5.69 Å². The van der Waals surface area contributed by atoms with Crippen molar-refractivity contribution in [2.24, 2.45) is 5.92 Å². The zero-order valence-electron chi connectivity index (χ0n) is 16.3. The monoisotopic (exact) mass is 419 g/mol. The first-order chi connectivity index (χ1) is 14.4. The molecule has 0 radical (unpaired) electrons. The number of carbonyl (C=O) groups is 2. The molecule has 2 heterocycles. The van der Waals surface area contributed by atoms with Crippen LogP contribution < -0.4 is 5.32 Å². The Bertz CT molecular complexity index is 944. The van der Waals surface area contributed by atoms with Crippen LogP contribution in [0.1, 0.15) is 42.6 Å². The summed E-state index contributed by atoms with van der Waals surface area (Å²) in [5.74, 6) is -3.79. The van der Waals surface area contributed by atoms with E-state index >= 15 is 0 Å². The van der Waals surface area contributed by atoms with Crippen molar-refractivity contribution in [3.63, 3.8) is 0 Å². The van der Waals surface area contributed by atoms with Crippen LogP contribution in [0.4, 0.5) is 8.78 Å². The fraction of sp³-hybridized carbons (Fsp3) is 0.500. The highest BCUT2D eigenvalue weighted by Gasteiger charge is 2.38. The van der Waals surface area contributed by atoms with Crippen molar-refractivity contribution in [1.82, 2.24) is 25.2 Å². The van der Waals surface area contributed by atoms with Gasteiger partial charge in [-0.3, -0.25) is 14.5 Å². The molecule has 4 rings (SSSR count). The molecule has 1 saturated heterocycles. The third kappa shape index (κ3) is 4.18. The summed E-state index contributed by atoms with van der Waals surface area (Å²) < 4.78 is 28.1. The van der Waals surface area contributed by atoms with Gasteiger partial charge in [0.2, 0.25) is 0 Å². The first-order valence-corrected chi connectivity index (χ1v) is 10.1. The number of benzene rings is 1. The summed E-state index contributed by atoms with van der Waals surface area (Å²) in [4.78, 5) is 26.7. The number of halogens is 2. The molecule has 0 bridgehead atoms. The van der Waals surface area contributed by atoms with Crippen LogP contribution in [0.25, 0.3) is 5.69 Å². The van der Waals surface area contributed by atoms with Crippen LogP contribution in [0.3, 0.4) is 0 Å². The van der Waals surface area contributed by atoms with Gasteiger partial charge in [0.1, 0.15) is 11.5 Å². The molecule has 10 heteroatoms. The highest BCUT2D eigenvalue weighted by Crippen LogP contribution is 2.28. The fourth-order valence-corrected chi connectivity index (χ4v) is 4.40. The predicted molar refractivity (Wildman–Crippen MR) is 102 cm³/mol. The van der Waals surface area contributed by atoms with E-state index in [0.717, 1.165) is 30.1 Å². The van der Waals surface area contributed by atoms with Gasteiger partial charge in [0.25, 0.3) is 5.91 Å². The molecule has 0 spiro atoms. The Morgan fingerprint density at radius 3 is 2.63 bits per heavy atom. The van der Waals surface area contributed by atoms with E-state index in [1.54, 1.807) is 0 Å². The van der Waals surface area contributed by atoms with Crippen LogP contribution in [0.15, 0.2) is 24.4 Å². The minimum Gasteiger partial charge on any atom is -0.481 e. The maximum atomic E-state index is 13.9. The Hall–Kier alpha value is -2.88. The lowest BCUT2D eigenvalue weighted by atomic mass is 9.90. The lowest BCUT2D eigenvalue weighted by Gasteiger charge is -2.39. The Balaban J connectivity index is 1.44. The molecule has 1 aliphatic carbocycles. The Labute approximate surface area is 171 Å². The number of hydrogen-bond donors (Lipinski definition) is 2. The van der Waals surface area contributed by atoms with E-state index in [4.69, 9.17) is 0 Å². The van der Waals surface area contributed by atoms with Crippen LogP contribution >= 0.6 is 0 Å². The van der Waals surface area contributed by atoms with Gasteiger partial charge in [0, 0.05) is 31.2 Å². The van der Waals surface area contributed by atoms with Gasteiger partial charge in [-0.2, -0.15) is 0 Å². The molecule has 160 valence electrons. The van der Waals surface area contributed by atoms with Gasteiger partial charge in [0.15, 0.2) is 11.5 Å². The summed E-state index contributed by atoms with van der Waals surface area (Å²) in [5.41, 5.74) is -0.114. The number of carbonyl (C=O) groups excluding carboxylic acids is 1. The second-order valence-corrected chi connectivity index (χ2v) is 7.89. The fourth-order valence-electron chi connectivity index (χ4n) is 4.40. The molecule has 2 aromatic rings. The lowest BCUT2D eigenvalue weighted by Crippen LogP contribution is -2.55. The van der Waals surface area contributed by atoms with E-state index in [-0.39, 0.29) is 11.4 Å². The second kappa shape index (κ2) is 8.47. The summed E-state index contributed by atoms with van der Waals surface area (Å²) in [6.45, 7) is 1.13. The summed E-state index contributed by atoms with van der Waals surface area (Å²) in [6.07, 6.45) is 6.28. The topological polar surface area (TPSA) is 100 Å². The predicted octanol–water partition coefficient (Wildman–Crippen LogP) is 1.99. The molecule has 2 fully saturated rings. The maximum Gasteiger partial charge on any atom is 0.309 e. The minimum absolute atomic E-state index is 0.0452. The lowest BCUT2D eigenvalue weighted by molar-refractivity contribution is -0.145. The van der Waals surface area contributed by atoms with Crippen molar-refractivity contribution in [2.45, 2.75) is 44.2 Å². The van der Waals surface area contributed by atoms with E-state index in [1.165, 1.54) is 25.1 Å². The van der Waals surface area contributed by atoms with Gasteiger partial charge in [-0.05, 0) is 31.4 Å². The average molecular weight is 419 g/mol. The van der Waals surface area contributed by atoms with Crippen molar-refractivity contribution < 1.29 is 23.5 Å². The molecule has 8 nitrogen and oxygen atoms in total. The van der Waals surface area contributed by atoms with E-state index in [1.807, 2.05) is 0 Å². The molecule has 30 heavy (non-hydrogen) atoms. The number of nitrogens with zero attached hydrogens (tertiary/aromatic N) is 4. The van der Waals surface area contributed by atoms with Gasteiger partial charge in [0.05, 0.1) is 12.1 Å². The number of amides is 1. The van der Waals surface area contributed by atoms with E-state index in [2.05, 4.69) is 20.5 Å². The molecular weight excluding hydrogens is 396 g/mol. The van der Waals surface area contributed by atoms with Crippen molar-refractivity contribution in [2.75, 3.05) is 13.1 Å². The third-order valence-electron chi connectivity index (χ3n) is 6.00. The number of aromatic nitrogens is 3. The number of hydrogen-bond acceptors (Lipinski definition) is 5. The molecule has 1 amide bonds. The minimum atomic E-state index is -0.944. The van der Waals surface area contributed by atoms with Gasteiger partial charge in [-0.1, -0.05) is 18.1 Å². The SMILES string of the molecule is O=C(N[C@@H]1CCN(C2CCCC2)C[C@H]1C(=O)O)c1cn(-c2ccc(F)cc2F)nn1. The number of piperidine rings is 1. The molecule has 2 N–H and O–H groups in total. The molecule has 1 saturated carbocycles. The molecule has 2 aliphatic rings. The standard InChI is InChI=1S/C20H23F2N5O3/c21-12-5-6-18(15(22)9-12)27-11-17(24-25-27)19(28)23-16-7-8-26(10-14(16)20(29)30)13-3-1-2-4-13/h5-6,9,11,13-14,16H,1-4,7-8,10H2,(H,23,28)(H,29,30)/t14-,16-/m1/s1. The second-order valence-electron chi connectivity index (χ2n) is 7.89. The summed E-state index contributed by atoms with van der Waals surface area (Å²) in [7, 11) is 0. The van der Waals surface area contributed by atoms with Gasteiger partial charge < -0.3 is 10.4 Å². The highest BCUT2D eigenvalue weighted by molar-refractivity contribution is 5.92. The highest BCUT2D eigenvalue weighted by atomic mass is 19.1. The van der Waals surface area contributed by atoms with E-state index in [0.29, 0.717) is 25.1 Å². The molecule has 1 aliphatic heterocycles. The van der Waals surface area contributed by atoms with E-state index in [9.17, 15) is 23.5 Å². The van der Waals surface area contributed by atoms with Gasteiger partial charge >= 0.3 is 5.97 Å². The number of carboxylic acids is 1. The summed E-state index contributed by atoms with van der Waals surface area (Å²) >= 11 is 0. The quantitative estimate of drug-likeness (QED) is 0.769. The maximum absolute atomic E-state index is 13.9. The van der Waals surface area contributed by atoms with Gasteiger partial charge in [-0.15, -0.1) is 5.10 Å². The number of rotatable bonds is 5. The van der Waals surface area contributed by atoms with Crippen molar-refractivity contribution in [3.05, 3.63) is 41.7 Å². The van der Waals surface area contributed by atoms with Crippen LogP contribution in [0.2, 0.25) is 0 Å². The number of likely N-dealkylation sites (tertiary alicyclic amines) is 1. The third-order valence-corrected chi connectivity index (χ3v) is 6.00. The smallest absolute Gasteiger partial charge is 0.309 e. The van der Waals surface area contributed by atoms with E-state index < -0.39 is 35.5 Å². The summed E-state index contributed by atoms with van der Waals surface area (Å²) in [5, 5.41) is 19.9. The number of nitrogens with one attached hydrogen (secondary N) is 1. The average Bonchev–Trinajstić information content (AvgIpc) is 3.40. The zero-order chi connectivity index (χ0) is 21.3. The molecule has 0 unspecified atom stereocenters. The molecule has 1 aromatic heterocycles. The Kier molecular flexibility index (Phi) is 5.76. The Morgan fingerprint density at radius 1 is 1.17 bits per heavy atom. The molecular formula is C20H23F2N5O3. The van der Waals surface area contributed by atoms with Crippen molar-refractivity contribution >= 4 is 11.9 Å². The number of aliphatic carboxylic acids is 1. The van der Waals surface area contributed by atoms with Crippen LogP contribution in [-0.4, -0.2) is 62.0 Å². The van der Waals surface area contributed by atoms with Crippen LogP contribution in [-0.2, 0) is 4.79 Å².